The monoisotopic (exact) mass is 403 g/mol. The van der Waals surface area contributed by atoms with Gasteiger partial charge in [-0.25, -0.2) is 13.4 Å². The van der Waals surface area contributed by atoms with Crippen molar-refractivity contribution in [2.24, 2.45) is 0 Å². The molecule has 2 rings (SSSR count). The van der Waals surface area contributed by atoms with Gasteiger partial charge in [0.05, 0.1) is 0 Å². The molecular weight excluding hydrogens is 378 g/mol. The first kappa shape index (κ1) is 21.6. The molecule has 28 heavy (non-hydrogen) atoms. The van der Waals surface area contributed by atoms with Gasteiger partial charge in [-0.15, -0.1) is 0 Å². The van der Waals surface area contributed by atoms with Crippen molar-refractivity contribution in [2.45, 2.75) is 39.2 Å². The van der Waals surface area contributed by atoms with E-state index in [0.717, 1.165) is 11.7 Å². The highest BCUT2D eigenvalue weighted by atomic mass is 32.2. The predicted octanol–water partition coefficient (Wildman–Crippen LogP) is 3.24. The number of nitrogens with one attached hydrogen (secondary N) is 1. The summed E-state index contributed by atoms with van der Waals surface area (Å²) in [5, 5.41) is 3.76. The number of sulfone groups is 1. The molecule has 0 bridgehead atoms. The number of hydrogen-bond acceptors (Lipinski definition) is 6. The Bertz CT molecular complexity index is 965. The maximum atomic E-state index is 12.7. The van der Waals surface area contributed by atoms with E-state index in [4.69, 9.17) is 4.74 Å². The minimum absolute atomic E-state index is 0.142. The highest BCUT2D eigenvalue weighted by Crippen LogP contribution is 2.26. The topological polar surface area (TPSA) is 98.2 Å². The molecule has 7 nitrogen and oxygen atoms in total. The first-order valence-electron chi connectivity index (χ1n) is 8.75. The fourth-order valence-corrected chi connectivity index (χ4v) is 2.68. The maximum Gasteiger partial charge on any atom is 0.258 e. The molecule has 1 N–H and O–H groups in total. The van der Waals surface area contributed by atoms with Crippen LogP contribution < -0.4 is 10.1 Å². The maximum absolute atomic E-state index is 12.7. The zero-order valence-corrected chi connectivity index (χ0v) is 17.4. The van der Waals surface area contributed by atoms with Gasteiger partial charge in [0.1, 0.15) is 17.1 Å². The Morgan fingerprint density at radius 1 is 1.21 bits per heavy atom. The van der Waals surface area contributed by atoms with Crippen LogP contribution in [0.3, 0.4) is 0 Å². The lowest BCUT2D eigenvalue weighted by atomic mass is 9.95. The summed E-state index contributed by atoms with van der Waals surface area (Å²) >= 11 is 0. The fourth-order valence-electron chi connectivity index (χ4n) is 2.15. The number of carbonyl (C=O) groups is 1. The zero-order chi connectivity index (χ0) is 20.9. The highest BCUT2D eigenvalue weighted by molar-refractivity contribution is 7.93. The second kappa shape index (κ2) is 8.52. The van der Waals surface area contributed by atoms with Crippen molar-refractivity contribution >= 4 is 15.7 Å². The normalized spacial score (nSPS) is 13.3. The number of hydrogen-bond donors (Lipinski definition) is 1. The van der Waals surface area contributed by atoms with Gasteiger partial charge < -0.3 is 10.1 Å². The number of aromatic nitrogens is 2. The van der Waals surface area contributed by atoms with Gasteiger partial charge in [0, 0.05) is 29.3 Å². The van der Waals surface area contributed by atoms with Gasteiger partial charge in [0.15, 0.2) is 9.84 Å². The van der Waals surface area contributed by atoms with Gasteiger partial charge in [-0.3, -0.25) is 4.79 Å². The summed E-state index contributed by atoms with van der Waals surface area (Å²) in [7, 11) is -3.27. The highest BCUT2D eigenvalue weighted by Gasteiger charge is 2.23. The third-order valence-electron chi connectivity index (χ3n) is 3.60. The average Bonchev–Trinajstić information content (AvgIpc) is 2.59. The van der Waals surface area contributed by atoms with Crippen LogP contribution in [-0.4, -0.2) is 36.6 Å². The minimum Gasteiger partial charge on any atom is -0.438 e. The Morgan fingerprint density at radius 2 is 1.86 bits per heavy atom. The van der Waals surface area contributed by atoms with Crippen LogP contribution in [0.5, 0.6) is 11.6 Å². The van der Waals surface area contributed by atoms with Crippen LogP contribution in [0.15, 0.2) is 48.0 Å². The van der Waals surface area contributed by atoms with E-state index in [1.807, 2.05) is 39.0 Å². The molecule has 0 saturated carbocycles. The van der Waals surface area contributed by atoms with E-state index in [1.165, 1.54) is 12.3 Å². The van der Waals surface area contributed by atoms with E-state index in [2.05, 4.69) is 15.3 Å². The Morgan fingerprint density at radius 3 is 2.43 bits per heavy atom. The molecule has 1 aromatic heterocycles. The van der Waals surface area contributed by atoms with Crippen LogP contribution in [0.2, 0.25) is 0 Å². The molecule has 0 aliphatic carbocycles. The number of nitrogens with zero attached hydrogens (tertiary/aromatic N) is 2. The molecule has 150 valence electrons. The molecule has 0 aliphatic heterocycles. The summed E-state index contributed by atoms with van der Waals surface area (Å²) < 4.78 is 28.3. The average molecular weight is 404 g/mol. The molecule has 1 atom stereocenters. The van der Waals surface area contributed by atoms with Gasteiger partial charge in [0.25, 0.3) is 5.91 Å². The minimum atomic E-state index is -3.27. The van der Waals surface area contributed by atoms with Gasteiger partial charge in [-0.2, -0.15) is 4.98 Å². The second-order valence-electron chi connectivity index (χ2n) is 7.50. The van der Waals surface area contributed by atoms with Crippen molar-refractivity contribution in [1.82, 2.24) is 15.3 Å². The van der Waals surface area contributed by atoms with E-state index in [-0.39, 0.29) is 16.9 Å². The lowest BCUT2D eigenvalue weighted by molar-refractivity contribution is 0.0943. The van der Waals surface area contributed by atoms with Crippen molar-refractivity contribution in [3.05, 3.63) is 59.4 Å². The molecule has 2 aromatic rings. The van der Waals surface area contributed by atoms with Gasteiger partial charge in [0.2, 0.25) is 5.88 Å². The van der Waals surface area contributed by atoms with E-state index in [9.17, 15) is 13.2 Å². The van der Waals surface area contributed by atoms with Gasteiger partial charge >= 0.3 is 0 Å². The lowest BCUT2D eigenvalue weighted by Gasteiger charge is -2.19. The first-order chi connectivity index (χ1) is 13.0. The molecule has 0 radical (unpaired) electrons. The molecule has 1 heterocycles. The van der Waals surface area contributed by atoms with Crippen molar-refractivity contribution < 1.29 is 17.9 Å². The molecule has 8 heteroatoms. The third kappa shape index (κ3) is 6.45. The lowest BCUT2D eigenvalue weighted by Crippen LogP contribution is -2.32. The van der Waals surface area contributed by atoms with Gasteiger partial charge in [-0.05, 0) is 19.1 Å². The van der Waals surface area contributed by atoms with E-state index >= 15 is 0 Å². The molecule has 0 unspecified atom stereocenters. The number of para-hydroxylation sites is 1. The van der Waals surface area contributed by atoms with E-state index in [0.29, 0.717) is 11.6 Å². The summed E-state index contributed by atoms with van der Waals surface area (Å²) in [4.78, 5) is 21.4. The number of rotatable bonds is 6. The van der Waals surface area contributed by atoms with Gasteiger partial charge in [-0.1, -0.05) is 45.0 Å². The SMILES string of the molecule is C[C@@H](/C=C/S(C)(=O)=O)NC(=O)c1cnc(C(C)(C)C)nc1Oc1ccccc1. The predicted molar refractivity (Wildman–Crippen MR) is 108 cm³/mol. The quantitative estimate of drug-likeness (QED) is 0.795. The standard InChI is InChI=1S/C20H25N3O4S/c1-14(11-12-28(5,25)26)22-17(24)16-13-21-19(20(2,3)4)23-18(16)27-15-9-7-6-8-10-15/h6-14H,1-5H3,(H,22,24)/b12-11+/t14-/m0/s1. The van der Waals surface area contributed by atoms with Crippen molar-refractivity contribution in [3.8, 4) is 11.6 Å². The van der Waals surface area contributed by atoms with Crippen molar-refractivity contribution in [1.29, 1.82) is 0 Å². The second-order valence-corrected chi connectivity index (χ2v) is 9.43. The summed E-state index contributed by atoms with van der Waals surface area (Å²) in [6.07, 6.45) is 3.91. The van der Waals surface area contributed by atoms with Crippen molar-refractivity contribution in [2.75, 3.05) is 6.26 Å². The Balaban J connectivity index is 2.33. The molecule has 0 fully saturated rings. The molecular formula is C20H25N3O4S. The largest absolute Gasteiger partial charge is 0.438 e. The van der Waals surface area contributed by atoms with E-state index < -0.39 is 21.8 Å². The fraction of sp³-hybridized carbons (Fsp3) is 0.350. The smallest absolute Gasteiger partial charge is 0.258 e. The summed E-state index contributed by atoms with van der Waals surface area (Å²) in [5.74, 6) is 0.764. The molecule has 0 spiro atoms. The Kier molecular flexibility index (Phi) is 6.56. The molecule has 0 aliphatic rings. The van der Waals surface area contributed by atoms with Crippen LogP contribution in [0.4, 0.5) is 0 Å². The molecule has 0 saturated heterocycles. The number of carbonyl (C=O) groups excluding carboxylic acids is 1. The van der Waals surface area contributed by atoms with Crippen LogP contribution in [-0.2, 0) is 15.3 Å². The first-order valence-corrected chi connectivity index (χ1v) is 10.7. The number of amides is 1. The van der Waals surface area contributed by atoms with Crippen molar-refractivity contribution in [3.63, 3.8) is 0 Å². The Hall–Kier alpha value is -2.74. The zero-order valence-electron chi connectivity index (χ0n) is 16.6. The van der Waals surface area contributed by atoms with Crippen LogP contribution in [0.1, 0.15) is 43.9 Å². The number of ether oxygens (including phenoxy) is 1. The summed E-state index contributed by atoms with van der Waals surface area (Å²) in [6.45, 7) is 7.56. The van der Waals surface area contributed by atoms with Crippen LogP contribution in [0, 0.1) is 0 Å². The van der Waals surface area contributed by atoms with Crippen LogP contribution in [0.25, 0.3) is 0 Å². The van der Waals surface area contributed by atoms with E-state index in [1.54, 1.807) is 19.1 Å². The summed E-state index contributed by atoms with van der Waals surface area (Å²) in [5.41, 5.74) is -0.161. The molecule has 1 amide bonds. The molecule has 1 aromatic carbocycles. The number of benzene rings is 1. The summed E-state index contributed by atoms with van der Waals surface area (Å²) in [6, 6.07) is 8.51. The van der Waals surface area contributed by atoms with Crippen LogP contribution >= 0.6 is 0 Å². The third-order valence-corrected chi connectivity index (χ3v) is 4.25. The Labute approximate surface area is 165 Å².